The summed E-state index contributed by atoms with van der Waals surface area (Å²) in [6, 6.07) is 37.2. The lowest BCUT2D eigenvalue weighted by atomic mass is 9.84. The average molecular weight is 791 g/mol. The van der Waals surface area contributed by atoms with Crippen molar-refractivity contribution < 1.29 is 31.9 Å². The molecular formula is C45H45F3N4O4Si. The van der Waals surface area contributed by atoms with E-state index in [9.17, 15) is 22.8 Å². The lowest BCUT2D eigenvalue weighted by Crippen LogP contribution is -2.66. The number of carbonyl (C=O) groups is 2. The molecule has 1 fully saturated rings. The molecule has 0 saturated carbocycles. The quantitative estimate of drug-likeness (QED) is 0.122. The van der Waals surface area contributed by atoms with Crippen LogP contribution in [0.5, 0.6) is 0 Å². The van der Waals surface area contributed by atoms with Gasteiger partial charge in [-0.2, -0.15) is 13.2 Å². The predicted octanol–water partition coefficient (Wildman–Crippen LogP) is 8.55. The Kier molecular flexibility index (Phi) is 10.9. The van der Waals surface area contributed by atoms with Gasteiger partial charge in [-0.05, 0) is 75.1 Å². The second-order valence-electron chi connectivity index (χ2n) is 15.7. The van der Waals surface area contributed by atoms with Crippen molar-refractivity contribution in [1.29, 1.82) is 0 Å². The van der Waals surface area contributed by atoms with Gasteiger partial charge in [0.25, 0.3) is 8.32 Å². The van der Waals surface area contributed by atoms with Crippen molar-refractivity contribution in [3.8, 4) is 0 Å². The van der Waals surface area contributed by atoms with E-state index in [2.05, 4.69) is 55.2 Å². The number of hydrogen-bond acceptors (Lipinski definition) is 6. The summed E-state index contributed by atoms with van der Waals surface area (Å²) in [6.07, 6.45) is -3.88. The predicted molar refractivity (Wildman–Crippen MR) is 215 cm³/mol. The molecule has 6 aromatic rings. The molecule has 0 N–H and O–H groups in total. The van der Waals surface area contributed by atoms with Crippen molar-refractivity contribution in [2.45, 2.75) is 77.2 Å². The fourth-order valence-corrected chi connectivity index (χ4v) is 12.7. The topological polar surface area (TPSA) is 86.0 Å². The Morgan fingerprint density at radius 2 is 1.49 bits per heavy atom. The number of aryl methyl sites for hydroxylation is 2. The molecule has 2 atom stereocenters. The van der Waals surface area contributed by atoms with Gasteiger partial charge in [0.05, 0.1) is 12.6 Å². The van der Waals surface area contributed by atoms with E-state index in [1.54, 1.807) is 13.0 Å². The van der Waals surface area contributed by atoms with Gasteiger partial charge in [-0.25, -0.2) is 9.69 Å². The highest BCUT2D eigenvalue weighted by Gasteiger charge is 2.50. The van der Waals surface area contributed by atoms with Crippen LogP contribution in [-0.4, -0.2) is 52.5 Å². The smallest absolute Gasteiger partial charge is 0.447 e. The Hall–Kier alpha value is -5.59. The fourth-order valence-electron chi connectivity index (χ4n) is 8.16. The molecule has 2 amide bonds. The lowest BCUT2D eigenvalue weighted by molar-refractivity contribution is -0.145. The third kappa shape index (κ3) is 7.76. The highest BCUT2D eigenvalue weighted by molar-refractivity contribution is 6.99. The maximum absolute atomic E-state index is 14.4. The molecule has 0 bridgehead atoms. The number of nitrogens with zero attached hydrogens (tertiary/aromatic N) is 4. The number of ether oxygens (including phenoxy) is 1. The molecule has 7 rings (SSSR count). The summed E-state index contributed by atoms with van der Waals surface area (Å²) in [5, 5.41) is 9.40. The van der Waals surface area contributed by atoms with Gasteiger partial charge in [0, 0.05) is 18.5 Å². The molecule has 3 heterocycles. The first-order valence-corrected chi connectivity index (χ1v) is 20.9. The van der Waals surface area contributed by atoms with E-state index in [-0.39, 0.29) is 30.3 Å². The molecule has 8 nitrogen and oxygen atoms in total. The van der Waals surface area contributed by atoms with Crippen LogP contribution in [0.3, 0.4) is 0 Å². The molecule has 1 aliphatic heterocycles. The summed E-state index contributed by atoms with van der Waals surface area (Å²) in [7, 11) is -2.93. The number of halogens is 3. The van der Waals surface area contributed by atoms with E-state index in [4.69, 9.17) is 9.16 Å². The van der Waals surface area contributed by atoms with Crippen molar-refractivity contribution in [1.82, 2.24) is 19.5 Å². The number of carbonyl (C=O) groups excluding carboxylic acids is 2. The molecule has 2 aromatic heterocycles. The molecule has 1 unspecified atom stereocenters. The van der Waals surface area contributed by atoms with Crippen molar-refractivity contribution >= 4 is 36.3 Å². The second-order valence-corrected chi connectivity index (χ2v) is 20.0. The number of cyclic esters (lactones) is 1. The normalized spacial score (nSPS) is 15.5. The fraction of sp³-hybridized carbons (Fsp3) is 0.289. The Balaban J connectivity index is 1.30. The van der Waals surface area contributed by atoms with Crippen molar-refractivity contribution in [2.75, 3.05) is 6.61 Å². The third-order valence-electron chi connectivity index (χ3n) is 11.1. The van der Waals surface area contributed by atoms with Crippen molar-refractivity contribution in [3.63, 3.8) is 0 Å². The van der Waals surface area contributed by atoms with E-state index in [0.717, 1.165) is 37.0 Å². The van der Waals surface area contributed by atoms with Crippen molar-refractivity contribution in [2.24, 2.45) is 0 Å². The van der Waals surface area contributed by atoms with Crippen LogP contribution in [0.25, 0.3) is 5.65 Å². The summed E-state index contributed by atoms with van der Waals surface area (Å²) >= 11 is 0. The monoisotopic (exact) mass is 790 g/mol. The molecule has 12 heteroatoms. The first-order valence-electron chi connectivity index (χ1n) is 19.0. The van der Waals surface area contributed by atoms with E-state index in [1.807, 2.05) is 91.9 Å². The molecule has 0 aliphatic carbocycles. The Labute approximate surface area is 331 Å². The van der Waals surface area contributed by atoms with Gasteiger partial charge in [0.15, 0.2) is 5.65 Å². The SMILES string of the molecule is Cc1ccc(C(CC(=O)N2C(=O)OC[C@H]2Cc2ccccc2)c2ccn3c(C(F)(F)F)nnc3c2C)cc1CO[Si](c1ccccc1)(c1ccccc1)C(C)(C)C. The average Bonchev–Trinajstić information content (AvgIpc) is 3.80. The van der Waals surface area contributed by atoms with E-state index in [0.29, 0.717) is 17.5 Å². The number of fused-ring (bicyclic) bond motifs is 1. The molecule has 4 aromatic carbocycles. The van der Waals surface area contributed by atoms with Gasteiger partial charge in [-0.1, -0.05) is 130 Å². The largest absolute Gasteiger partial charge is 0.452 e. The standard InChI is InChI=1S/C45H45F3N4O4Si/c1-30-21-22-33(26-34(30)28-56-57(44(3,4)5,36-17-11-7-12-18-36)37-19-13-8-14-20-37)39(38-23-24-51-41(31(38)2)49-50-42(51)45(46,47)48)27-40(53)52-35(29-55-43(52)54)25-32-15-9-6-10-16-32/h6-24,26,35,39H,25,27-29H2,1-5H3/t35-,39?/m1/s1. The number of imide groups is 1. The van der Waals surface area contributed by atoms with E-state index >= 15 is 0 Å². The molecular weight excluding hydrogens is 746 g/mol. The number of rotatable bonds is 11. The van der Waals surface area contributed by atoms with Crippen LogP contribution in [-0.2, 0) is 33.2 Å². The summed E-state index contributed by atoms with van der Waals surface area (Å²) in [5.74, 6) is -2.26. The number of hydrogen-bond donors (Lipinski definition) is 0. The van der Waals surface area contributed by atoms with Gasteiger partial charge in [-0.3, -0.25) is 9.20 Å². The third-order valence-corrected chi connectivity index (χ3v) is 16.0. The van der Waals surface area contributed by atoms with Crippen molar-refractivity contribution in [3.05, 3.63) is 161 Å². The summed E-state index contributed by atoms with van der Waals surface area (Å²) in [6.45, 7) is 10.7. The van der Waals surface area contributed by atoms with Gasteiger partial charge in [0.1, 0.15) is 6.61 Å². The zero-order valence-electron chi connectivity index (χ0n) is 32.6. The van der Waals surface area contributed by atoms with Crippen LogP contribution >= 0.6 is 0 Å². The first kappa shape index (κ1) is 39.6. The van der Waals surface area contributed by atoms with Gasteiger partial charge in [-0.15, -0.1) is 10.2 Å². The summed E-state index contributed by atoms with van der Waals surface area (Å²) < 4.78 is 55.3. The van der Waals surface area contributed by atoms with E-state index < -0.39 is 44.3 Å². The molecule has 0 radical (unpaired) electrons. The van der Waals surface area contributed by atoms with Crippen LogP contribution in [0.15, 0.2) is 121 Å². The number of pyridine rings is 1. The number of aromatic nitrogens is 3. The molecule has 1 saturated heterocycles. The number of alkyl halides is 3. The van der Waals surface area contributed by atoms with Crippen LogP contribution in [0.1, 0.15) is 72.3 Å². The molecule has 294 valence electrons. The zero-order valence-corrected chi connectivity index (χ0v) is 33.6. The minimum Gasteiger partial charge on any atom is -0.447 e. The maximum Gasteiger partial charge on any atom is 0.452 e. The zero-order chi connectivity index (χ0) is 40.5. The Bertz CT molecular complexity index is 2340. The minimum absolute atomic E-state index is 0.0298. The Morgan fingerprint density at radius 1 is 0.877 bits per heavy atom. The van der Waals surface area contributed by atoms with Gasteiger partial charge < -0.3 is 9.16 Å². The second kappa shape index (κ2) is 15.7. The highest BCUT2D eigenvalue weighted by atomic mass is 28.4. The number of amides is 2. The summed E-state index contributed by atoms with van der Waals surface area (Å²) in [5.41, 5.74) is 4.63. The van der Waals surface area contributed by atoms with Crippen LogP contribution < -0.4 is 10.4 Å². The highest BCUT2D eigenvalue weighted by Crippen LogP contribution is 2.39. The maximum atomic E-state index is 14.4. The Morgan fingerprint density at radius 3 is 2.09 bits per heavy atom. The van der Waals surface area contributed by atoms with Gasteiger partial charge >= 0.3 is 12.3 Å². The summed E-state index contributed by atoms with van der Waals surface area (Å²) in [4.78, 5) is 28.7. The van der Waals surface area contributed by atoms with Crippen LogP contribution in [0, 0.1) is 13.8 Å². The lowest BCUT2D eigenvalue weighted by Gasteiger charge is -2.43. The van der Waals surface area contributed by atoms with E-state index in [1.165, 1.54) is 11.1 Å². The molecule has 1 aliphatic rings. The number of benzene rings is 4. The van der Waals surface area contributed by atoms with Gasteiger partial charge in [0.2, 0.25) is 11.7 Å². The first-order chi connectivity index (χ1) is 27.2. The van der Waals surface area contributed by atoms with Crippen LogP contribution in [0.4, 0.5) is 18.0 Å². The van der Waals surface area contributed by atoms with Crippen LogP contribution in [0.2, 0.25) is 5.04 Å². The molecule has 57 heavy (non-hydrogen) atoms. The minimum atomic E-state index is -4.72. The molecule has 0 spiro atoms.